The van der Waals surface area contributed by atoms with Crippen molar-refractivity contribution >= 4 is 69.1 Å². The van der Waals surface area contributed by atoms with Gasteiger partial charge in [0.15, 0.2) is 11.4 Å². The Bertz CT molecular complexity index is 4440. The van der Waals surface area contributed by atoms with Gasteiger partial charge in [-0.1, -0.05) is 89.3 Å². The number of aromatic amines is 1. The fraction of sp³-hybridized carbons (Fsp3) is 0.641. The molecule has 8 heterocycles. The summed E-state index contributed by atoms with van der Waals surface area (Å²) in [6.07, 6.45) is 14.1. The van der Waals surface area contributed by atoms with Crippen molar-refractivity contribution < 1.29 is 110 Å². The fourth-order valence-electron chi connectivity index (χ4n) is 16.9. The molecule has 1 aromatic carbocycles. The number of benzene rings is 1. The molecule has 125 heavy (non-hydrogen) atoms. The number of esters is 1. The van der Waals surface area contributed by atoms with E-state index in [4.69, 9.17) is 72.4 Å². The number of nitrogens with two attached hydrogens (primary N) is 1. The van der Waals surface area contributed by atoms with Crippen molar-refractivity contribution in [2.45, 2.75) is 206 Å². The maximum absolute atomic E-state index is 14.7. The first-order valence-electron chi connectivity index (χ1n) is 44.3. The highest BCUT2D eigenvalue weighted by Gasteiger charge is 2.53. The number of hydrogen-bond acceptors (Lipinski definition) is 28. The molecule has 10 rings (SSSR count). The Morgan fingerprint density at radius 2 is 1.40 bits per heavy atom. The molecule has 1 aliphatic carbocycles. The molecule has 0 radical (unpaired) electrons. The van der Waals surface area contributed by atoms with Gasteiger partial charge in [0.05, 0.1) is 142 Å². The number of amides is 3. The number of alkyl carbamates (subject to hydrolysis) is 1. The molecule has 3 amide bonds. The van der Waals surface area contributed by atoms with Gasteiger partial charge in [-0.05, 0) is 142 Å². The number of nitrogens with one attached hydrogen (secondary N) is 2. The number of carbonyl (C=O) groups is 7. The van der Waals surface area contributed by atoms with Crippen LogP contribution >= 0.6 is 0 Å². The normalized spacial score (nSPS) is 27.2. The predicted octanol–water partition coefficient (Wildman–Crippen LogP) is 8.68. The van der Waals surface area contributed by atoms with Crippen LogP contribution in [0.1, 0.15) is 149 Å². The van der Waals surface area contributed by atoms with E-state index in [0.717, 1.165) is 44.6 Å². The average molecular weight is 1750 g/mol. The number of ketones is 3. The molecule has 15 atom stereocenters. The van der Waals surface area contributed by atoms with E-state index in [1.165, 1.54) is 24.9 Å². The molecule has 688 valence electrons. The Balaban J connectivity index is 0.549. The summed E-state index contributed by atoms with van der Waals surface area (Å²) in [5.41, 5.74) is 13.7. The van der Waals surface area contributed by atoms with Crippen LogP contribution in [0.3, 0.4) is 0 Å². The second kappa shape index (κ2) is 50.2. The van der Waals surface area contributed by atoms with Gasteiger partial charge in [0.2, 0.25) is 11.7 Å². The number of aliphatic hydroxyl groups is 3. The van der Waals surface area contributed by atoms with Crippen LogP contribution in [-0.4, -0.2) is 290 Å². The summed E-state index contributed by atoms with van der Waals surface area (Å²) in [7, 11) is 3.10. The van der Waals surface area contributed by atoms with Crippen LogP contribution in [0.25, 0.3) is 33.3 Å². The standard InChI is InChI=1S/C92H132N10O23/c1-59-15-11-10-12-16-60(2)76(113-8)53-72-22-18-65(7)92(112,125-72)85(108)89(109)101-29-14-13-17-73(101)90(110)123-77(54-74(103)61(3)48-64(6)83(106)84(107)82(105)63(5)47-59)62(4)49-66-20-23-75(78(51-66)114-9)124-91(111)95-28-32-116-34-36-118-38-40-120-42-44-122-46-45-121-43-41-119-39-37-117-35-33-115-31-26-79(104)100-30-25-68-50-67(19-21-70(68)57-100)56-102-88-80(86(93)97-58-98-88)81(99-102)71-52-69-24-27-94-87(69)96-55-71/h10-12,15-16,19,21,24,27,48,50,52,55,58-59,61-63,65-66,72-73,75-78,83-84,106-107,112H,13-14,17-18,20,22-23,25-26,28-47,49,51,53-54,56-57H2,1-9H3,(H,94,96)(H,95,111)(H2,93,97,98)/b12-10+,15-11+,60-16+,64-48+/t59-,61-,62-,63-,65-,66+,72+,73+,75-,76+,77+,78-,83-,84+,92-/m1/s1. The van der Waals surface area contributed by atoms with Crippen LogP contribution in [-0.2, 0) is 110 Å². The Kier molecular flexibility index (Phi) is 39.6. The fourth-order valence-corrected chi connectivity index (χ4v) is 16.9. The summed E-state index contributed by atoms with van der Waals surface area (Å²) < 4.78 is 77.1. The topological polar surface area (TPSA) is 417 Å². The van der Waals surface area contributed by atoms with Gasteiger partial charge in [0.25, 0.3) is 11.7 Å². The quantitative estimate of drug-likeness (QED) is 0.00944. The number of hydrogen-bond donors (Lipinski definition) is 6. The minimum Gasteiger partial charge on any atom is -0.460 e. The van der Waals surface area contributed by atoms with E-state index < -0.39 is 108 Å². The number of nitrogens with zero attached hydrogens (tertiary/aromatic N) is 7. The van der Waals surface area contributed by atoms with Crippen molar-refractivity contribution in [2.75, 3.05) is 145 Å². The number of rotatable bonds is 36. The third-order valence-electron chi connectivity index (χ3n) is 24.3. The van der Waals surface area contributed by atoms with Gasteiger partial charge in [-0.3, -0.25) is 24.0 Å². The molecule has 4 aromatic heterocycles. The van der Waals surface area contributed by atoms with Crippen LogP contribution < -0.4 is 11.1 Å². The molecule has 2 bridgehead atoms. The summed E-state index contributed by atoms with van der Waals surface area (Å²) in [4.78, 5) is 117. The van der Waals surface area contributed by atoms with Gasteiger partial charge >= 0.3 is 12.1 Å². The smallest absolute Gasteiger partial charge is 0.407 e. The van der Waals surface area contributed by atoms with E-state index in [2.05, 4.69) is 43.5 Å². The van der Waals surface area contributed by atoms with Crippen molar-refractivity contribution in [3.8, 4) is 11.3 Å². The first-order chi connectivity index (χ1) is 60.3. The van der Waals surface area contributed by atoms with Crippen LogP contribution in [0.4, 0.5) is 10.6 Å². The monoisotopic (exact) mass is 1740 g/mol. The van der Waals surface area contributed by atoms with Gasteiger partial charge in [0, 0.05) is 94.3 Å². The lowest BCUT2D eigenvalue weighted by molar-refractivity contribution is -0.265. The van der Waals surface area contributed by atoms with Crippen molar-refractivity contribution in [1.29, 1.82) is 0 Å². The highest BCUT2D eigenvalue weighted by Crippen LogP contribution is 2.40. The van der Waals surface area contributed by atoms with E-state index in [0.29, 0.717) is 199 Å². The van der Waals surface area contributed by atoms with E-state index in [1.54, 1.807) is 41.2 Å². The predicted molar refractivity (Wildman–Crippen MR) is 463 cm³/mol. The molecule has 4 aliphatic heterocycles. The highest BCUT2D eigenvalue weighted by atomic mass is 16.6. The minimum atomic E-state index is -2.49. The zero-order valence-electron chi connectivity index (χ0n) is 74.1. The molecule has 3 fully saturated rings. The van der Waals surface area contributed by atoms with Crippen molar-refractivity contribution in [2.24, 2.45) is 35.5 Å². The minimum absolute atomic E-state index is 0.0297. The second-order valence-corrected chi connectivity index (χ2v) is 33.6. The van der Waals surface area contributed by atoms with Crippen molar-refractivity contribution in [3.63, 3.8) is 0 Å². The lowest BCUT2D eigenvalue weighted by Gasteiger charge is -2.42. The molecule has 5 aliphatic rings. The van der Waals surface area contributed by atoms with Crippen molar-refractivity contribution in [3.05, 3.63) is 113 Å². The maximum atomic E-state index is 14.7. The molecule has 0 spiro atoms. The van der Waals surface area contributed by atoms with Gasteiger partial charge < -0.3 is 103 Å². The summed E-state index contributed by atoms with van der Waals surface area (Å²) in [5, 5.41) is 44.0. The SMILES string of the molecule is CO[C@H]1C[C@@H]2CC[C@@H](C)[C@@](O)(O2)C(=O)C(=O)N2CCCC[C@H]2C(=O)O[C@H]([C@H](C)C[C@@H]2CC[C@@H](OC(=O)NCCOCCOCCOCCOCCOCCOCCOCCOCCC(=O)N3CCc4cc(Cn5nc(-c6cnc7[nH]ccc7c6)c6c(N)ncnc65)ccc4C3)[C@H](OC)C2)CC(=O)[C@H](C)/C=C(\C)[C@@H](O)[C@@H](O)C(=O)[C@H](C)C[C@H](C)/C=C/C=C/C=C/1C. The molecule has 5 aromatic rings. The Morgan fingerprint density at radius 3 is 2.08 bits per heavy atom. The zero-order chi connectivity index (χ0) is 89.4. The lowest BCUT2D eigenvalue weighted by Crippen LogP contribution is -2.61. The number of methoxy groups -OCH3 is 2. The number of cyclic esters (lactones) is 1. The third kappa shape index (κ3) is 28.9. The summed E-state index contributed by atoms with van der Waals surface area (Å²) >= 11 is 0. The molecule has 33 heteroatoms. The number of carbonyl (C=O) groups excluding carboxylic acids is 7. The van der Waals surface area contributed by atoms with Crippen LogP contribution in [0.2, 0.25) is 0 Å². The number of aromatic nitrogens is 6. The average Bonchev–Trinajstić information content (AvgIpc) is 1.71. The molecular formula is C92H132N10O23. The van der Waals surface area contributed by atoms with Crippen LogP contribution in [0, 0.1) is 35.5 Å². The first kappa shape index (κ1) is 98.5. The van der Waals surface area contributed by atoms with Gasteiger partial charge in [-0.15, -0.1) is 0 Å². The summed E-state index contributed by atoms with van der Waals surface area (Å²) in [6.45, 7) is 19.9. The number of nitrogen functional groups attached to an aromatic ring is 1. The lowest BCUT2D eigenvalue weighted by atomic mass is 9.78. The molecule has 7 N–H and O–H groups in total. The summed E-state index contributed by atoms with van der Waals surface area (Å²) in [6, 6.07) is 9.11. The Labute approximate surface area is 732 Å². The number of fused-ring (bicyclic) bond motifs is 6. The number of pyridine rings is 1. The second-order valence-electron chi connectivity index (χ2n) is 33.6. The van der Waals surface area contributed by atoms with E-state index in [-0.39, 0.29) is 74.5 Å². The number of aliphatic hydroxyl groups excluding tert-OH is 2. The first-order valence-corrected chi connectivity index (χ1v) is 44.3. The Morgan fingerprint density at radius 1 is 0.720 bits per heavy atom. The van der Waals surface area contributed by atoms with E-state index in [1.807, 2.05) is 79.1 Å². The number of piperidine rings is 1. The zero-order valence-corrected chi connectivity index (χ0v) is 74.1. The number of ether oxygens (including phenoxy) is 13. The molecule has 1 saturated carbocycles. The van der Waals surface area contributed by atoms with E-state index >= 15 is 0 Å². The summed E-state index contributed by atoms with van der Waals surface area (Å²) in [5.74, 6) is -8.88. The van der Waals surface area contributed by atoms with Crippen molar-refractivity contribution in [1.82, 2.24) is 44.8 Å². The number of anilines is 1. The van der Waals surface area contributed by atoms with Gasteiger partial charge in [-0.2, -0.15) is 5.10 Å². The van der Waals surface area contributed by atoms with Crippen LogP contribution in [0.15, 0.2) is 96.7 Å². The molecule has 0 unspecified atom stereocenters. The molecule has 33 nitrogen and oxygen atoms in total. The maximum Gasteiger partial charge on any atom is 0.407 e. The highest BCUT2D eigenvalue weighted by molar-refractivity contribution is 6.39. The number of allylic oxidation sites excluding steroid dienone is 6. The largest absolute Gasteiger partial charge is 0.460 e. The van der Waals surface area contributed by atoms with Gasteiger partial charge in [-0.25, -0.2) is 29.2 Å². The van der Waals surface area contributed by atoms with Crippen LogP contribution in [0.5, 0.6) is 0 Å². The Hall–Kier alpha value is -8.65. The number of Topliss-reactive ketones (excluding diaryl/α,β-unsaturated/α-hetero) is 3. The van der Waals surface area contributed by atoms with Gasteiger partial charge in [0.1, 0.15) is 59.7 Å². The molecule has 2 saturated heterocycles. The number of H-pyrrole nitrogens is 1. The third-order valence-corrected chi connectivity index (χ3v) is 24.3. The molecular weight excluding hydrogens is 1610 g/mol. The van der Waals surface area contributed by atoms with E-state index in [9.17, 15) is 48.9 Å².